The molecule has 0 saturated heterocycles. The molecule has 0 fully saturated rings. The molecule has 1 unspecified atom stereocenters. The van der Waals surface area contributed by atoms with Crippen molar-refractivity contribution in [2.45, 2.75) is 6.92 Å². The van der Waals surface area contributed by atoms with Gasteiger partial charge in [0.25, 0.3) is 0 Å². The Morgan fingerprint density at radius 1 is 1.78 bits per heavy atom. The number of nitriles is 1. The molecule has 1 atom stereocenters. The Balaban J connectivity index is 3.12. The van der Waals surface area contributed by atoms with Crippen molar-refractivity contribution in [3.63, 3.8) is 0 Å². The second kappa shape index (κ2) is 5.15. The van der Waals surface area contributed by atoms with Crippen LogP contribution >= 0.6 is 0 Å². The van der Waals surface area contributed by atoms with Gasteiger partial charge in [0.05, 0.1) is 18.6 Å². The van der Waals surface area contributed by atoms with Crippen LogP contribution < -0.4 is 0 Å². The maximum absolute atomic E-state index is 8.25. The third-order valence-electron chi connectivity index (χ3n) is 0.774. The van der Waals surface area contributed by atoms with E-state index < -0.39 is 0 Å². The van der Waals surface area contributed by atoms with Gasteiger partial charge in [0.1, 0.15) is 6.61 Å². The van der Waals surface area contributed by atoms with Crippen LogP contribution in [0.3, 0.4) is 0 Å². The lowest BCUT2D eigenvalue weighted by molar-refractivity contribution is 0.149. The minimum absolute atomic E-state index is 0.0571. The van der Waals surface area contributed by atoms with Crippen molar-refractivity contribution < 1.29 is 4.74 Å². The van der Waals surface area contributed by atoms with E-state index in [-0.39, 0.29) is 5.92 Å². The van der Waals surface area contributed by atoms with Crippen LogP contribution in [0.4, 0.5) is 0 Å². The average Bonchev–Trinajstić information content (AvgIpc) is 1.89. The first-order chi connectivity index (χ1) is 4.31. The van der Waals surface area contributed by atoms with Crippen molar-refractivity contribution in [1.82, 2.24) is 0 Å². The Kier molecular flexibility index (Phi) is 4.59. The second-order valence-corrected chi connectivity index (χ2v) is 1.75. The topological polar surface area (TPSA) is 33.0 Å². The van der Waals surface area contributed by atoms with Gasteiger partial charge in [-0.25, -0.2) is 0 Å². The molecular weight excluding hydrogens is 114 g/mol. The SMILES string of the molecule is C#CCOCC(C)C#N. The number of hydrogen-bond acceptors (Lipinski definition) is 2. The van der Waals surface area contributed by atoms with Gasteiger partial charge in [-0.05, 0) is 6.92 Å². The Hall–Kier alpha value is -0.990. The van der Waals surface area contributed by atoms with Crippen molar-refractivity contribution in [2.24, 2.45) is 5.92 Å². The molecule has 0 aromatic heterocycles. The molecule has 2 nitrogen and oxygen atoms in total. The Morgan fingerprint density at radius 3 is 2.89 bits per heavy atom. The molecule has 0 aromatic rings. The molecule has 0 heterocycles. The van der Waals surface area contributed by atoms with Gasteiger partial charge >= 0.3 is 0 Å². The number of hydrogen-bond donors (Lipinski definition) is 0. The molecule has 0 radical (unpaired) electrons. The lowest BCUT2D eigenvalue weighted by Crippen LogP contribution is -2.02. The van der Waals surface area contributed by atoms with E-state index in [1.165, 1.54) is 0 Å². The molecule has 0 saturated carbocycles. The van der Waals surface area contributed by atoms with Gasteiger partial charge in [-0.2, -0.15) is 5.26 Å². The van der Waals surface area contributed by atoms with Crippen LogP contribution in [0.1, 0.15) is 6.92 Å². The summed E-state index contributed by atoms with van der Waals surface area (Å²) in [5.41, 5.74) is 0. The van der Waals surface area contributed by atoms with Crippen molar-refractivity contribution in [3.05, 3.63) is 0 Å². The lowest BCUT2D eigenvalue weighted by atomic mass is 10.2. The summed E-state index contributed by atoms with van der Waals surface area (Å²) in [4.78, 5) is 0. The van der Waals surface area contributed by atoms with E-state index in [2.05, 4.69) is 5.92 Å². The fourth-order valence-electron chi connectivity index (χ4n) is 0.332. The molecule has 48 valence electrons. The van der Waals surface area contributed by atoms with Crippen LogP contribution in [0.5, 0.6) is 0 Å². The predicted octanol–water partition coefficient (Wildman–Crippen LogP) is 0.796. The molecule has 0 aromatic carbocycles. The molecule has 0 spiro atoms. The maximum Gasteiger partial charge on any atom is 0.107 e. The molecule has 2 heteroatoms. The minimum atomic E-state index is -0.0571. The van der Waals surface area contributed by atoms with Crippen molar-refractivity contribution in [1.29, 1.82) is 5.26 Å². The Morgan fingerprint density at radius 2 is 2.44 bits per heavy atom. The zero-order valence-corrected chi connectivity index (χ0v) is 5.42. The first-order valence-corrected chi connectivity index (χ1v) is 2.72. The molecule has 9 heavy (non-hydrogen) atoms. The highest BCUT2D eigenvalue weighted by atomic mass is 16.5. The number of terminal acetylenes is 1. The van der Waals surface area contributed by atoms with Gasteiger partial charge < -0.3 is 4.74 Å². The first-order valence-electron chi connectivity index (χ1n) is 2.72. The van der Waals surface area contributed by atoms with Crippen LogP contribution in [-0.2, 0) is 4.74 Å². The van der Waals surface area contributed by atoms with E-state index >= 15 is 0 Å². The molecule has 0 rings (SSSR count). The van der Waals surface area contributed by atoms with Crippen LogP contribution in [-0.4, -0.2) is 13.2 Å². The van der Waals surface area contributed by atoms with Gasteiger partial charge in [-0.15, -0.1) is 6.42 Å². The van der Waals surface area contributed by atoms with Crippen molar-refractivity contribution in [2.75, 3.05) is 13.2 Å². The zero-order valence-electron chi connectivity index (χ0n) is 5.42. The average molecular weight is 123 g/mol. The van der Waals surface area contributed by atoms with Gasteiger partial charge in [-0.3, -0.25) is 0 Å². The van der Waals surface area contributed by atoms with Crippen molar-refractivity contribution >= 4 is 0 Å². The summed E-state index contributed by atoms with van der Waals surface area (Å²) in [6.45, 7) is 2.52. The number of rotatable bonds is 3. The molecular formula is C7H9NO. The van der Waals surface area contributed by atoms with E-state index in [1.54, 1.807) is 6.92 Å². The van der Waals surface area contributed by atoms with E-state index in [1.807, 2.05) is 6.07 Å². The molecule has 0 aliphatic rings. The fraction of sp³-hybridized carbons (Fsp3) is 0.571. The van der Waals surface area contributed by atoms with Crippen LogP contribution in [0.15, 0.2) is 0 Å². The van der Waals surface area contributed by atoms with Crippen LogP contribution in [0.2, 0.25) is 0 Å². The summed E-state index contributed by atoms with van der Waals surface area (Å²) in [7, 11) is 0. The quantitative estimate of drug-likeness (QED) is 0.410. The summed E-state index contributed by atoms with van der Waals surface area (Å²) >= 11 is 0. The highest BCUT2D eigenvalue weighted by Gasteiger charge is 1.95. The van der Waals surface area contributed by atoms with E-state index in [4.69, 9.17) is 16.4 Å². The molecule has 0 aliphatic carbocycles. The van der Waals surface area contributed by atoms with Gasteiger partial charge in [0.15, 0.2) is 0 Å². The van der Waals surface area contributed by atoms with E-state index in [9.17, 15) is 0 Å². The van der Waals surface area contributed by atoms with Crippen LogP contribution in [0, 0.1) is 29.6 Å². The predicted molar refractivity (Wildman–Crippen MR) is 34.4 cm³/mol. The van der Waals surface area contributed by atoms with Crippen LogP contribution in [0.25, 0.3) is 0 Å². The smallest absolute Gasteiger partial charge is 0.107 e. The lowest BCUT2D eigenvalue weighted by Gasteiger charge is -1.98. The Labute approximate surface area is 55.4 Å². The maximum atomic E-state index is 8.25. The molecule has 0 aliphatic heterocycles. The summed E-state index contributed by atoms with van der Waals surface area (Å²) in [6.07, 6.45) is 4.90. The van der Waals surface area contributed by atoms with Gasteiger partial charge in [0.2, 0.25) is 0 Å². The highest BCUT2D eigenvalue weighted by Crippen LogP contribution is 1.90. The molecule has 0 bridgehead atoms. The third-order valence-corrected chi connectivity index (χ3v) is 0.774. The van der Waals surface area contributed by atoms with Crippen molar-refractivity contribution in [3.8, 4) is 18.4 Å². The largest absolute Gasteiger partial charge is 0.367 e. The monoisotopic (exact) mass is 123 g/mol. The molecule has 0 N–H and O–H groups in total. The zero-order chi connectivity index (χ0) is 7.11. The summed E-state index contributed by atoms with van der Waals surface area (Å²) in [5, 5.41) is 8.25. The first kappa shape index (κ1) is 8.01. The third kappa shape index (κ3) is 4.87. The summed E-state index contributed by atoms with van der Waals surface area (Å²) in [6, 6.07) is 2.03. The number of ether oxygens (including phenoxy) is 1. The molecule has 0 amide bonds. The van der Waals surface area contributed by atoms with E-state index in [0.29, 0.717) is 13.2 Å². The van der Waals surface area contributed by atoms with Gasteiger partial charge in [0, 0.05) is 0 Å². The second-order valence-electron chi connectivity index (χ2n) is 1.75. The Bertz CT molecular complexity index is 140. The number of nitrogens with zero attached hydrogens (tertiary/aromatic N) is 1. The fourth-order valence-corrected chi connectivity index (χ4v) is 0.332. The summed E-state index contributed by atoms with van der Waals surface area (Å²) in [5.74, 6) is 2.26. The van der Waals surface area contributed by atoms with Gasteiger partial charge in [-0.1, -0.05) is 5.92 Å². The summed E-state index contributed by atoms with van der Waals surface area (Å²) < 4.78 is 4.88. The standard InChI is InChI=1S/C7H9NO/c1-3-4-9-6-7(2)5-8/h1,7H,4,6H2,2H3. The van der Waals surface area contributed by atoms with E-state index in [0.717, 1.165) is 0 Å². The minimum Gasteiger partial charge on any atom is -0.367 e. The normalized spacial score (nSPS) is 11.4. The highest BCUT2D eigenvalue weighted by molar-refractivity contribution is 4.84.